The Morgan fingerprint density at radius 1 is 1.19 bits per heavy atom. The summed E-state index contributed by atoms with van der Waals surface area (Å²) >= 11 is 5.53. The Bertz CT molecular complexity index is 850. The van der Waals surface area contributed by atoms with Crippen LogP contribution in [0.15, 0.2) is 36.0 Å². The number of aryl methyl sites for hydroxylation is 1. The van der Waals surface area contributed by atoms with Gasteiger partial charge < -0.3 is 14.5 Å². The molecule has 0 saturated carbocycles. The first kappa shape index (κ1) is 17.6. The van der Waals surface area contributed by atoms with Crippen LogP contribution in [0.2, 0.25) is 0 Å². The number of fused-ring (bicyclic) bond motifs is 1. The molecule has 1 fully saturated rings. The van der Waals surface area contributed by atoms with Crippen LogP contribution in [0.25, 0.3) is 0 Å². The van der Waals surface area contributed by atoms with Gasteiger partial charge in [0.2, 0.25) is 0 Å². The molecule has 0 atom stereocenters. The first-order chi connectivity index (χ1) is 13.2. The largest absolute Gasteiger partial charge is 0.491 e. The molecule has 27 heavy (non-hydrogen) atoms. The molecule has 1 saturated heterocycles. The van der Waals surface area contributed by atoms with Crippen molar-refractivity contribution in [2.24, 2.45) is 5.10 Å². The van der Waals surface area contributed by atoms with E-state index in [2.05, 4.69) is 35.3 Å². The molecule has 4 rings (SSSR count). The number of ether oxygens (including phenoxy) is 1. The van der Waals surface area contributed by atoms with Gasteiger partial charge in [0.05, 0.1) is 18.5 Å². The van der Waals surface area contributed by atoms with Gasteiger partial charge in [-0.1, -0.05) is 0 Å². The van der Waals surface area contributed by atoms with Crippen LogP contribution < -0.4 is 15.1 Å². The van der Waals surface area contributed by atoms with Crippen molar-refractivity contribution in [3.05, 3.63) is 42.1 Å². The van der Waals surface area contributed by atoms with Gasteiger partial charge in [0.1, 0.15) is 17.3 Å². The van der Waals surface area contributed by atoms with Gasteiger partial charge in [0.25, 0.3) is 0 Å². The first-order valence-electron chi connectivity index (χ1n) is 8.93. The molecule has 4 heterocycles. The first-order valence-corrected chi connectivity index (χ1v) is 9.34. The van der Waals surface area contributed by atoms with Crippen LogP contribution in [-0.2, 0) is 0 Å². The van der Waals surface area contributed by atoms with Gasteiger partial charge in [0.15, 0.2) is 5.11 Å². The van der Waals surface area contributed by atoms with Crippen molar-refractivity contribution in [3.8, 4) is 5.75 Å². The zero-order valence-electron chi connectivity index (χ0n) is 15.1. The lowest BCUT2D eigenvalue weighted by Gasteiger charge is -2.36. The van der Waals surface area contributed by atoms with Crippen LogP contribution in [0.1, 0.15) is 17.7 Å². The van der Waals surface area contributed by atoms with Crippen LogP contribution >= 0.6 is 12.2 Å². The average molecular weight is 383 g/mol. The number of rotatable bonds is 2. The monoisotopic (exact) mass is 383 g/mol. The Labute approximate surface area is 163 Å². The highest BCUT2D eigenvalue weighted by molar-refractivity contribution is 7.80. The molecule has 9 heteroatoms. The highest BCUT2D eigenvalue weighted by Gasteiger charge is 2.22. The predicted molar refractivity (Wildman–Crippen MR) is 107 cm³/mol. The van der Waals surface area contributed by atoms with Crippen molar-refractivity contribution >= 4 is 28.9 Å². The Morgan fingerprint density at radius 2 is 2.04 bits per heavy atom. The summed E-state index contributed by atoms with van der Waals surface area (Å²) in [5.74, 6) is 1.71. The molecule has 0 amide bonds. The number of hydrazone groups is 1. The van der Waals surface area contributed by atoms with Crippen LogP contribution in [0.3, 0.4) is 0 Å². The van der Waals surface area contributed by atoms with Crippen LogP contribution in [0.4, 0.5) is 5.82 Å². The number of hydrogen-bond donors (Lipinski definition) is 1. The number of aromatic nitrogens is 3. The Morgan fingerprint density at radius 3 is 2.81 bits per heavy atom. The molecule has 2 aromatic rings. The lowest BCUT2D eigenvalue weighted by molar-refractivity contribution is 0.315. The van der Waals surface area contributed by atoms with Gasteiger partial charge in [0, 0.05) is 51.2 Å². The minimum atomic E-state index is 0.601. The van der Waals surface area contributed by atoms with Crippen molar-refractivity contribution in [3.63, 3.8) is 0 Å². The molecular weight excluding hydrogens is 362 g/mol. The van der Waals surface area contributed by atoms with E-state index in [4.69, 9.17) is 17.0 Å². The molecule has 2 aromatic heterocycles. The maximum Gasteiger partial charge on any atom is 0.189 e. The summed E-state index contributed by atoms with van der Waals surface area (Å²) in [4.78, 5) is 17.2. The molecule has 0 unspecified atom stereocenters. The van der Waals surface area contributed by atoms with Crippen LogP contribution in [0, 0.1) is 6.92 Å². The molecule has 2 aliphatic rings. The molecular formula is C18H21N7OS. The smallest absolute Gasteiger partial charge is 0.189 e. The molecule has 0 bridgehead atoms. The van der Waals surface area contributed by atoms with E-state index in [0.29, 0.717) is 18.1 Å². The second-order valence-corrected chi connectivity index (χ2v) is 6.80. The fourth-order valence-corrected chi connectivity index (χ4v) is 3.42. The summed E-state index contributed by atoms with van der Waals surface area (Å²) in [6, 6.07) is 1.94. The Kier molecular flexibility index (Phi) is 5.10. The fourth-order valence-electron chi connectivity index (χ4n) is 3.19. The second kappa shape index (κ2) is 7.83. The number of piperazine rings is 1. The van der Waals surface area contributed by atoms with E-state index in [9.17, 15) is 0 Å². The minimum absolute atomic E-state index is 0.601. The molecule has 0 radical (unpaired) electrons. The van der Waals surface area contributed by atoms with Gasteiger partial charge in [-0.05, 0) is 30.8 Å². The van der Waals surface area contributed by atoms with Gasteiger partial charge >= 0.3 is 0 Å². The summed E-state index contributed by atoms with van der Waals surface area (Å²) in [7, 11) is 0. The number of anilines is 1. The third-order valence-electron chi connectivity index (χ3n) is 4.69. The van der Waals surface area contributed by atoms with Crippen molar-refractivity contribution in [1.82, 2.24) is 25.3 Å². The zero-order valence-corrected chi connectivity index (χ0v) is 15.9. The maximum atomic E-state index is 5.73. The molecule has 8 nitrogen and oxygen atoms in total. The topological polar surface area (TPSA) is 78.8 Å². The molecule has 0 aliphatic carbocycles. The summed E-state index contributed by atoms with van der Waals surface area (Å²) in [6.45, 7) is 5.92. The van der Waals surface area contributed by atoms with Gasteiger partial charge in [-0.15, -0.1) is 0 Å². The molecule has 0 aromatic carbocycles. The maximum absolute atomic E-state index is 5.73. The normalized spacial score (nSPS) is 18.0. The highest BCUT2D eigenvalue weighted by atomic mass is 32.1. The van der Waals surface area contributed by atoms with Gasteiger partial charge in [-0.3, -0.25) is 15.4 Å². The Hall–Kier alpha value is -2.81. The van der Waals surface area contributed by atoms with E-state index in [0.717, 1.165) is 54.7 Å². The van der Waals surface area contributed by atoms with E-state index < -0.39 is 0 Å². The zero-order chi connectivity index (χ0) is 18.6. The SMILES string of the molecule is Cc1ccnc2c1OCC/C2=N/NC(=S)N1CCN(c2cnccn2)CC1. The summed E-state index contributed by atoms with van der Waals surface area (Å²) < 4.78 is 5.73. The van der Waals surface area contributed by atoms with E-state index in [1.54, 1.807) is 24.8 Å². The lowest BCUT2D eigenvalue weighted by Crippen LogP contribution is -2.51. The summed E-state index contributed by atoms with van der Waals surface area (Å²) in [5.41, 5.74) is 5.78. The molecule has 0 spiro atoms. The lowest BCUT2D eigenvalue weighted by atomic mass is 10.1. The van der Waals surface area contributed by atoms with Crippen LogP contribution in [0.5, 0.6) is 5.75 Å². The second-order valence-electron chi connectivity index (χ2n) is 6.42. The summed E-state index contributed by atoms with van der Waals surface area (Å²) in [6.07, 6.45) is 7.67. The van der Waals surface area contributed by atoms with E-state index >= 15 is 0 Å². The van der Waals surface area contributed by atoms with Gasteiger partial charge in [-0.25, -0.2) is 4.98 Å². The Balaban J connectivity index is 1.37. The highest BCUT2D eigenvalue weighted by Crippen LogP contribution is 2.26. The molecule has 1 N–H and O–H groups in total. The fraction of sp³-hybridized carbons (Fsp3) is 0.389. The van der Waals surface area contributed by atoms with E-state index in [1.807, 2.05) is 13.0 Å². The predicted octanol–water partition coefficient (Wildman–Crippen LogP) is 1.36. The minimum Gasteiger partial charge on any atom is -0.491 e. The van der Waals surface area contributed by atoms with Crippen LogP contribution in [-0.4, -0.2) is 63.5 Å². The third-order valence-corrected chi connectivity index (χ3v) is 5.04. The average Bonchev–Trinajstić information content (AvgIpc) is 2.73. The van der Waals surface area contributed by atoms with E-state index in [-0.39, 0.29) is 0 Å². The van der Waals surface area contributed by atoms with E-state index in [1.165, 1.54) is 0 Å². The standard InChI is InChI=1S/C18H21N7OS/c1-13-2-4-21-16-14(3-11-26-17(13)16)22-23-18(27)25-9-7-24(8-10-25)15-12-19-5-6-20-15/h2,4-6,12H,3,7-11H2,1H3,(H,23,27)/b22-14-. The van der Waals surface area contributed by atoms with Crippen molar-refractivity contribution in [1.29, 1.82) is 0 Å². The van der Waals surface area contributed by atoms with Crippen molar-refractivity contribution < 1.29 is 4.74 Å². The number of nitrogens with zero attached hydrogens (tertiary/aromatic N) is 6. The molecule has 2 aliphatic heterocycles. The van der Waals surface area contributed by atoms with Gasteiger partial charge in [-0.2, -0.15) is 5.10 Å². The third kappa shape index (κ3) is 3.82. The summed E-state index contributed by atoms with van der Waals surface area (Å²) in [5, 5.41) is 5.15. The van der Waals surface area contributed by atoms with Crippen molar-refractivity contribution in [2.45, 2.75) is 13.3 Å². The quantitative estimate of drug-likeness (QED) is 0.615. The number of hydrogen-bond acceptors (Lipinski definition) is 7. The molecule has 140 valence electrons. The number of thiocarbonyl (C=S) groups is 1. The van der Waals surface area contributed by atoms with Crippen molar-refractivity contribution in [2.75, 3.05) is 37.7 Å². The number of nitrogens with one attached hydrogen (secondary N) is 1. The number of pyridine rings is 1.